The summed E-state index contributed by atoms with van der Waals surface area (Å²) in [5.74, 6) is -0.682. The van der Waals surface area contributed by atoms with Crippen LogP contribution in [0.25, 0.3) is 0 Å². The van der Waals surface area contributed by atoms with Gasteiger partial charge in [-0.25, -0.2) is 4.98 Å². The van der Waals surface area contributed by atoms with E-state index < -0.39 is 24.6 Å². The van der Waals surface area contributed by atoms with Gasteiger partial charge in [0.05, 0.1) is 0 Å². The molecule has 2 heterocycles. The molecule has 1 N–H and O–H groups in total. The molecule has 0 spiro atoms. The average Bonchev–Trinajstić information content (AvgIpc) is 2.41. The highest BCUT2D eigenvalue weighted by atomic mass is 19.4. The third-order valence-corrected chi connectivity index (χ3v) is 3.44. The molecule has 1 atom stereocenters. The van der Waals surface area contributed by atoms with Crippen molar-refractivity contribution in [2.45, 2.75) is 25.1 Å². The van der Waals surface area contributed by atoms with E-state index in [0.29, 0.717) is 26.2 Å². The second-order valence-corrected chi connectivity index (χ2v) is 4.84. The number of nitrogens with zero attached hydrogens (tertiary/aromatic N) is 2. The van der Waals surface area contributed by atoms with E-state index in [0.717, 1.165) is 0 Å². The van der Waals surface area contributed by atoms with Crippen LogP contribution in [0.4, 0.5) is 17.6 Å². The number of pyridine rings is 1. The van der Waals surface area contributed by atoms with Crippen LogP contribution in [0.2, 0.25) is 0 Å². The zero-order valence-electron chi connectivity index (χ0n) is 11.0. The molecule has 0 aliphatic carbocycles. The molecule has 1 aromatic rings. The summed E-state index contributed by atoms with van der Waals surface area (Å²) in [6, 6.07) is 2.50. The summed E-state index contributed by atoms with van der Waals surface area (Å²) in [6.07, 6.45) is -4.00. The van der Waals surface area contributed by atoms with E-state index in [1.807, 2.05) is 4.90 Å². The molecule has 1 fully saturated rings. The maximum Gasteiger partial charge on any atom is 0.389 e. The average molecular weight is 291 g/mol. The fraction of sp³-hybridized carbons (Fsp3) is 0.615. The van der Waals surface area contributed by atoms with Gasteiger partial charge in [0.2, 0.25) is 5.95 Å². The van der Waals surface area contributed by atoms with Crippen LogP contribution in [0.1, 0.15) is 24.4 Å². The second-order valence-electron chi connectivity index (χ2n) is 4.84. The quantitative estimate of drug-likeness (QED) is 0.682. The Balaban J connectivity index is 2.17. The number of aromatic nitrogens is 1. The minimum absolute atomic E-state index is 0.147. The van der Waals surface area contributed by atoms with Crippen molar-refractivity contribution in [3.63, 3.8) is 0 Å². The van der Waals surface area contributed by atoms with Crippen molar-refractivity contribution < 1.29 is 17.6 Å². The van der Waals surface area contributed by atoms with Crippen LogP contribution in [-0.4, -0.2) is 42.2 Å². The van der Waals surface area contributed by atoms with E-state index in [4.69, 9.17) is 0 Å². The van der Waals surface area contributed by atoms with Crippen LogP contribution in [-0.2, 0) is 0 Å². The summed E-state index contributed by atoms with van der Waals surface area (Å²) in [5.41, 5.74) is 0.249. The summed E-state index contributed by atoms with van der Waals surface area (Å²) < 4.78 is 51.2. The third kappa shape index (κ3) is 4.14. The lowest BCUT2D eigenvalue weighted by atomic mass is 10.0. The molecule has 112 valence electrons. The fourth-order valence-corrected chi connectivity index (χ4v) is 2.48. The Morgan fingerprint density at radius 2 is 2.00 bits per heavy atom. The Labute approximate surface area is 115 Å². The molecule has 0 unspecified atom stereocenters. The number of hydrogen-bond acceptors (Lipinski definition) is 3. The number of piperazine rings is 1. The lowest BCUT2D eigenvalue weighted by Crippen LogP contribution is -2.45. The molecular formula is C13H17F4N3. The number of alkyl halides is 3. The van der Waals surface area contributed by atoms with E-state index >= 15 is 0 Å². The Morgan fingerprint density at radius 1 is 1.30 bits per heavy atom. The largest absolute Gasteiger partial charge is 0.389 e. The summed E-state index contributed by atoms with van der Waals surface area (Å²) >= 11 is 0. The van der Waals surface area contributed by atoms with E-state index in [-0.39, 0.29) is 12.0 Å². The highest BCUT2D eigenvalue weighted by Crippen LogP contribution is 2.32. The van der Waals surface area contributed by atoms with E-state index in [9.17, 15) is 17.6 Å². The maximum absolute atomic E-state index is 13.8. The number of halogens is 4. The van der Waals surface area contributed by atoms with Gasteiger partial charge in [-0.15, -0.1) is 0 Å². The number of nitrogens with one attached hydrogen (secondary N) is 1. The standard InChI is InChI=1S/C13H17F4N3/c14-12-10(2-1-5-19-12)11(3-4-13(15,16)17)20-8-6-18-7-9-20/h1-2,5,11,18H,3-4,6-9H2/t11-/m0/s1. The first-order valence-electron chi connectivity index (χ1n) is 6.59. The minimum Gasteiger partial charge on any atom is -0.314 e. The molecular weight excluding hydrogens is 274 g/mol. The molecule has 1 saturated heterocycles. The maximum atomic E-state index is 13.8. The fourth-order valence-electron chi connectivity index (χ4n) is 2.48. The monoisotopic (exact) mass is 291 g/mol. The Kier molecular flexibility index (Phi) is 4.93. The van der Waals surface area contributed by atoms with Crippen molar-refractivity contribution in [3.8, 4) is 0 Å². The van der Waals surface area contributed by atoms with Gasteiger partial charge in [0.15, 0.2) is 0 Å². The molecule has 0 amide bonds. The van der Waals surface area contributed by atoms with Crippen molar-refractivity contribution >= 4 is 0 Å². The minimum atomic E-state index is -4.23. The summed E-state index contributed by atoms with van der Waals surface area (Å²) in [6.45, 7) is 2.61. The number of rotatable bonds is 4. The molecule has 7 heteroatoms. The molecule has 2 rings (SSSR count). The topological polar surface area (TPSA) is 28.2 Å². The van der Waals surface area contributed by atoms with Gasteiger partial charge in [-0.2, -0.15) is 17.6 Å². The van der Waals surface area contributed by atoms with Gasteiger partial charge in [0.25, 0.3) is 0 Å². The first-order chi connectivity index (χ1) is 9.47. The van der Waals surface area contributed by atoms with Gasteiger partial charge in [-0.1, -0.05) is 6.07 Å². The smallest absolute Gasteiger partial charge is 0.314 e. The first-order valence-corrected chi connectivity index (χ1v) is 6.59. The van der Waals surface area contributed by atoms with Crippen LogP contribution in [0, 0.1) is 5.95 Å². The Morgan fingerprint density at radius 3 is 2.60 bits per heavy atom. The highest BCUT2D eigenvalue weighted by molar-refractivity contribution is 5.16. The third-order valence-electron chi connectivity index (χ3n) is 3.44. The van der Waals surface area contributed by atoms with Gasteiger partial charge in [-0.05, 0) is 12.5 Å². The molecule has 1 aliphatic heterocycles. The summed E-state index contributed by atoms with van der Waals surface area (Å²) in [4.78, 5) is 5.44. The van der Waals surface area contributed by atoms with Gasteiger partial charge in [0, 0.05) is 50.4 Å². The van der Waals surface area contributed by atoms with Crippen molar-refractivity contribution in [3.05, 3.63) is 29.8 Å². The van der Waals surface area contributed by atoms with Crippen LogP contribution in [0.15, 0.2) is 18.3 Å². The molecule has 1 aromatic heterocycles. The van der Waals surface area contributed by atoms with Crippen LogP contribution >= 0.6 is 0 Å². The Bertz CT molecular complexity index is 430. The normalized spacial score (nSPS) is 19.0. The lowest BCUT2D eigenvalue weighted by Gasteiger charge is -2.35. The lowest BCUT2D eigenvalue weighted by molar-refractivity contribution is -0.138. The van der Waals surface area contributed by atoms with Crippen LogP contribution in [0.5, 0.6) is 0 Å². The van der Waals surface area contributed by atoms with E-state index in [1.165, 1.54) is 12.3 Å². The van der Waals surface area contributed by atoms with Gasteiger partial charge in [-0.3, -0.25) is 4.90 Å². The van der Waals surface area contributed by atoms with Crippen molar-refractivity contribution in [2.24, 2.45) is 0 Å². The van der Waals surface area contributed by atoms with Crippen LogP contribution in [0.3, 0.4) is 0 Å². The van der Waals surface area contributed by atoms with Crippen molar-refractivity contribution in [1.82, 2.24) is 15.2 Å². The molecule has 0 aromatic carbocycles. The SMILES string of the molecule is Fc1ncccc1[C@H](CCC(F)(F)F)N1CCNCC1. The van der Waals surface area contributed by atoms with Crippen molar-refractivity contribution in [1.29, 1.82) is 0 Å². The molecule has 1 aliphatic rings. The predicted molar refractivity (Wildman–Crippen MR) is 66.7 cm³/mol. The first kappa shape index (κ1) is 15.2. The van der Waals surface area contributed by atoms with E-state index in [1.54, 1.807) is 6.07 Å². The van der Waals surface area contributed by atoms with Gasteiger partial charge >= 0.3 is 6.18 Å². The predicted octanol–water partition coefficient (Wildman–Crippen LogP) is 2.51. The summed E-state index contributed by atoms with van der Waals surface area (Å²) in [7, 11) is 0. The van der Waals surface area contributed by atoms with Crippen LogP contribution < -0.4 is 5.32 Å². The van der Waals surface area contributed by atoms with Gasteiger partial charge < -0.3 is 5.32 Å². The number of hydrogen-bond donors (Lipinski definition) is 1. The molecule has 20 heavy (non-hydrogen) atoms. The van der Waals surface area contributed by atoms with Gasteiger partial charge in [0.1, 0.15) is 0 Å². The molecule has 3 nitrogen and oxygen atoms in total. The highest BCUT2D eigenvalue weighted by Gasteiger charge is 2.32. The zero-order chi connectivity index (χ0) is 14.6. The van der Waals surface area contributed by atoms with E-state index in [2.05, 4.69) is 10.3 Å². The van der Waals surface area contributed by atoms with Crippen molar-refractivity contribution in [2.75, 3.05) is 26.2 Å². The molecule has 0 saturated carbocycles. The second kappa shape index (κ2) is 6.49. The molecule has 0 radical (unpaired) electrons. The zero-order valence-corrected chi connectivity index (χ0v) is 11.0. The Hall–Kier alpha value is -1.21. The summed E-state index contributed by atoms with van der Waals surface area (Å²) in [5, 5.41) is 3.13. The molecule has 0 bridgehead atoms.